The first-order chi connectivity index (χ1) is 13.0. The Morgan fingerprint density at radius 2 is 2.00 bits per heavy atom. The SMILES string of the molecule is Cn1c(-c2ccccn2)nn(CCNC(=O)COc2ccc(F)cc2)c1=O. The summed E-state index contributed by atoms with van der Waals surface area (Å²) in [6.45, 7) is 0.216. The minimum absolute atomic E-state index is 0.206. The van der Waals surface area contributed by atoms with E-state index >= 15 is 0 Å². The number of aromatic nitrogens is 4. The second-order valence-corrected chi connectivity index (χ2v) is 5.70. The van der Waals surface area contributed by atoms with Crippen molar-refractivity contribution in [2.45, 2.75) is 6.54 Å². The Kier molecular flexibility index (Phi) is 5.60. The number of halogens is 1. The van der Waals surface area contributed by atoms with Gasteiger partial charge < -0.3 is 10.1 Å². The number of ether oxygens (including phenoxy) is 1. The van der Waals surface area contributed by atoms with Crippen molar-refractivity contribution in [1.29, 1.82) is 0 Å². The molecular weight excluding hydrogens is 353 g/mol. The first kappa shape index (κ1) is 18.3. The highest BCUT2D eigenvalue weighted by Crippen LogP contribution is 2.11. The number of hydrogen-bond acceptors (Lipinski definition) is 5. The van der Waals surface area contributed by atoms with Gasteiger partial charge in [0.25, 0.3) is 5.91 Å². The van der Waals surface area contributed by atoms with Crippen LogP contribution in [-0.4, -0.2) is 38.4 Å². The van der Waals surface area contributed by atoms with E-state index in [1.165, 1.54) is 33.5 Å². The summed E-state index contributed by atoms with van der Waals surface area (Å²) in [5.41, 5.74) is 0.292. The van der Waals surface area contributed by atoms with Gasteiger partial charge in [-0.1, -0.05) is 6.07 Å². The maximum atomic E-state index is 12.8. The second kappa shape index (κ2) is 8.26. The molecule has 27 heavy (non-hydrogen) atoms. The number of nitrogens with zero attached hydrogens (tertiary/aromatic N) is 4. The van der Waals surface area contributed by atoms with E-state index in [1.54, 1.807) is 25.4 Å². The number of rotatable bonds is 7. The van der Waals surface area contributed by atoms with Crippen LogP contribution in [0.1, 0.15) is 0 Å². The lowest BCUT2D eigenvalue weighted by Gasteiger charge is -2.07. The van der Waals surface area contributed by atoms with Crippen molar-refractivity contribution in [1.82, 2.24) is 24.6 Å². The maximum Gasteiger partial charge on any atom is 0.346 e. The van der Waals surface area contributed by atoms with Gasteiger partial charge in [0.05, 0.1) is 6.54 Å². The van der Waals surface area contributed by atoms with Crippen LogP contribution in [0.5, 0.6) is 5.75 Å². The van der Waals surface area contributed by atoms with Crippen molar-refractivity contribution in [3.8, 4) is 17.3 Å². The fraction of sp³-hybridized carbons (Fsp3) is 0.222. The van der Waals surface area contributed by atoms with Gasteiger partial charge in [-0.05, 0) is 36.4 Å². The van der Waals surface area contributed by atoms with E-state index in [0.29, 0.717) is 17.3 Å². The number of carbonyl (C=O) groups is 1. The fourth-order valence-corrected chi connectivity index (χ4v) is 2.38. The molecule has 0 aliphatic rings. The van der Waals surface area contributed by atoms with Crippen molar-refractivity contribution in [2.24, 2.45) is 7.05 Å². The van der Waals surface area contributed by atoms with Gasteiger partial charge in [0, 0.05) is 19.8 Å². The average molecular weight is 371 g/mol. The van der Waals surface area contributed by atoms with Crippen molar-refractivity contribution in [3.05, 3.63) is 65.0 Å². The number of amides is 1. The summed E-state index contributed by atoms with van der Waals surface area (Å²) in [6, 6.07) is 10.7. The lowest BCUT2D eigenvalue weighted by molar-refractivity contribution is -0.123. The monoisotopic (exact) mass is 371 g/mol. The van der Waals surface area contributed by atoms with E-state index in [2.05, 4.69) is 15.4 Å². The molecule has 2 aromatic heterocycles. The largest absolute Gasteiger partial charge is 0.484 e. The summed E-state index contributed by atoms with van der Waals surface area (Å²) >= 11 is 0. The lowest BCUT2D eigenvalue weighted by atomic mass is 10.3. The van der Waals surface area contributed by atoms with Gasteiger partial charge in [-0.2, -0.15) is 0 Å². The molecule has 0 atom stereocenters. The van der Waals surface area contributed by atoms with Crippen LogP contribution in [0.25, 0.3) is 11.5 Å². The van der Waals surface area contributed by atoms with E-state index in [1.807, 2.05) is 6.07 Å². The van der Waals surface area contributed by atoms with Crippen LogP contribution in [0.2, 0.25) is 0 Å². The molecule has 2 heterocycles. The van der Waals surface area contributed by atoms with Gasteiger partial charge >= 0.3 is 5.69 Å². The molecule has 0 saturated carbocycles. The third-order valence-electron chi connectivity index (χ3n) is 3.76. The zero-order valence-electron chi connectivity index (χ0n) is 14.6. The molecule has 9 heteroatoms. The highest BCUT2D eigenvalue weighted by molar-refractivity contribution is 5.77. The van der Waals surface area contributed by atoms with Crippen LogP contribution in [-0.2, 0) is 18.4 Å². The Morgan fingerprint density at radius 1 is 1.22 bits per heavy atom. The Bertz CT molecular complexity index is 967. The number of benzene rings is 1. The predicted molar refractivity (Wildman–Crippen MR) is 95.6 cm³/mol. The molecule has 140 valence electrons. The van der Waals surface area contributed by atoms with Gasteiger partial charge in [0.2, 0.25) is 0 Å². The van der Waals surface area contributed by atoms with Gasteiger partial charge in [0.15, 0.2) is 12.4 Å². The molecule has 3 aromatic rings. The molecule has 0 fully saturated rings. The standard InChI is InChI=1S/C18H18FN5O3/c1-23-17(15-4-2-3-9-20-15)22-24(18(23)26)11-10-21-16(25)12-27-14-7-5-13(19)6-8-14/h2-9H,10-12H2,1H3,(H,21,25). The van der Waals surface area contributed by atoms with Crippen molar-refractivity contribution >= 4 is 5.91 Å². The molecule has 3 rings (SSSR count). The third kappa shape index (κ3) is 4.57. The minimum atomic E-state index is -0.377. The van der Waals surface area contributed by atoms with Crippen LogP contribution >= 0.6 is 0 Å². The number of pyridine rings is 1. The van der Waals surface area contributed by atoms with E-state index in [-0.39, 0.29) is 37.1 Å². The lowest BCUT2D eigenvalue weighted by Crippen LogP contribution is -2.34. The van der Waals surface area contributed by atoms with E-state index in [9.17, 15) is 14.0 Å². The molecule has 0 unspecified atom stereocenters. The number of nitrogens with one attached hydrogen (secondary N) is 1. The van der Waals surface area contributed by atoms with Gasteiger partial charge in [0.1, 0.15) is 17.3 Å². The summed E-state index contributed by atoms with van der Waals surface area (Å²) in [4.78, 5) is 28.2. The van der Waals surface area contributed by atoms with Gasteiger partial charge in [-0.15, -0.1) is 5.10 Å². The van der Waals surface area contributed by atoms with Crippen molar-refractivity contribution in [3.63, 3.8) is 0 Å². The average Bonchev–Trinajstić information content (AvgIpc) is 2.97. The third-order valence-corrected chi connectivity index (χ3v) is 3.76. The zero-order valence-corrected chi connectivity index (χ0v) is 14.6. The topological polar surface area (TPSA) is 91.0 Å². The summed E-state index contributed by atoms with van der Waals surface area (Å²) < 4.78 is 20.7. The smallest absolute Gasteiger partial charge is 0.346 e. The molecule has 0 bridgehead atoms. The fourth-order valence-electron chi connectivity index (χ4n) is 2.38. The minimum Gasteiger partial charge on any atom is -0.484 e. The molecule has 0 radical (unpaired) electrons. The van der Waals surface area contributed by atoms with Crippen LogP contribution in [0.4, 0.5) is 4.39 Å². The van der Waals surface area contributed by atoms with Crippen molar-refractivity contribution in [2.75, 3.05) is 13.2 Å². The maximum absolute atomic E-state index is 12.8. The number of carbonyl (C=O) groups excluding carboxylic acids is 1. The van der Waals surface area contributed by atoms with E-state index in [4.69, 9.17) is 4.74 Å². The first-order valence-electron chi connectivity index (χ1n) is 8.25. The van der Waals surface area contributed by atoms with Gasteiger partial charge in [-0.3, -0.25) is 14.3 Å². The molecule has 1 aromatic carbocycles. The quantitative estimate of drug-likeness (QED) is 0.669. The molecule has 8 nitrogen and oxygen atoms in total. The molecule has 1 amide bonds. The second-order valence-electron chi connectivity index (χ2n) is 5.70. The first-order valence-corrected chi connectivity index (χ1v) is 8.25. The summed E-state index contributed by atoms with van der Waals surface area (Å²) in [5, 5.41) is 6.91. The Balaban J connectivity index is 1.52. The molecule has 0 aliphatic carbocycles. The number of hydrogen-bond donors (Lipinski definition) is 1. The highest BCUT2D eigenvalue weighted by atomic mass is 19.1. The zero-order chi connectivity index (χ0) is 19.2. The van der Waals surface area contributed by atoms with Crippen LogP contribution in [0.3, 0.4) is 0 Å². The summed E-state index contributed by atoms with van der Waals surface area (Å²) in [5.74, 6) is 0.116. The Labute approximate surface area is 154 Å². The molecule has 0 spiro atoms. The van der Waals surface area contributed by atoms with Crippen LogP contribution < -0.4 is 15.7 Å². The van der Waals surface area contributed by atoms with Crippen LogP contribution in [0, 0.1) is 5.82 Å². The molecular formula is C18H18FN5O3. The van der Waals surface area contributed by atoms with Crippen LogP contribution in [0.15, 0.2) is 53.5 Å². The molecule has 1 N–H and O–H groups in total. The predicted octanol–water partition coefficient (Wildman–Crippen LogP) is 0.978. The highest BCUT2D eigenvalue weighted by Gasteiger charge is 2.13. The summed E-state index contributed by atoms with van der Waals surface area (Å²) in [6.07, 6.45) is 1.63. The Hall–Kier alpha value is -3.49. The normalized spacial score (nSPS) is 10.6. The Morgan fingerprint density at radius 3 is 2.70 bits per heavy atom. The van der Waals surface area contributed by atoms with E-state index < -0.39 is 0 Å². The molecule has 0 saturated heterocycles. The van der Waals surface area contributed by atoms with E-state index in [0.717, 1.165) is 0 Å². The van der Waals surface area contributed by atoms with Crippen molar-refractivity contribution < 1.29 is 13.9 Å². The molecule has 0 aliphatic heterocycles. The van der Waals surface area contributed by atoms with Gasteiger partial charge in [-0.25, -0.2) is 13.9 Å². The summed E-state index contributed by atoms with van der Waals surface area (Å²) in [7, 11) is 1.62.